The first kappa shape index (κ1) is 17.9. The molecule has 5 rings (SSSR count). The van der Waals surface area contributed by atoms with E-state index < -0.39 is 0 Å². The fourth-order valence-electron chi connectivity index (χ4n) is 4.52. The molecular weight excluding hydrogens is 354 g/mol. The van der Waals surface area contributed by atoms with E-state index in [9.17, 15) is 4.79 Å². The third kappa shape index (κ3) is 3.72. The maximum atomic E-state index is 13.0. The number of rotatable bonds is 5. The van der Waals surface area contributed by atoms with E-state index in [1.165, 1.54) is 50.6 Å². The number of amides is 1. The van der Waals surface area contributed by atoms with E-state index >= 15 is 0 Å². The smallest absolute Gasteiger partial charge is 0.237 e. The second kappa shape index (κ2) is 7.70. The van der Waals surface area contributed by atoms with E-state index in [2.05, 4.69) is 14.6 Å². The normalized spacial score (nSPS) is 20.8. The number of aromatic nitrogens is 3. The number of oxazole rings is 1. The van der Waals surface area contributed by atoms with Crippen LogP contribution in [-0.4, -0.2) is 56.7 Å². The average molecular weight is 383 g/mol. The maximum Gasteiger partial charge on any atom is 0.237 e. The Kier molecular flexibility index (Phi) is 4.93. The van der Waals surface area contributed by atoms with Gasteiger partial charge in [-0.3, -0.25) is 14.4 Å². The molecule has 0 spiro atoms. The zero-order valence-corrected chi connectivity index (χ0v) is 16.5. The first-order valence-corrected chi connectivity index (χ1v) is 10.7. The molecule has 0 unspecified atom stereocenters. The van der Waals surface area contributed by atoms with Crippen molar-refractivity contribution in [2.75, 3.05) is 26.2 Å². The standard InChI is InChI=1S/C21H29N5O2/c27-20(13-24-8-3-1-2-4-9-24)25-10-7-19-17(12-25)21(18-14-28-15-22-18)23-26(19)11-16-5-6-16/h14-16H,1-13H2. The summed E-state index contributed by atoms with van der Waals surface area (Å²) >= 11 is 0. The van der Waals surface area contributed by atoms with E-state index in [-0.39, 0.29) is 5.91 Å². The number of carbonyl (C=O) groups excluding carboxylic acids is 1. The van der Waals surface area contributed by atoms with Crippen LogP contribution in [0.2, 0.25) is 0 Å². The Morgan fingerprint density at radius 2 is 1.96 bits per heavy atom. The molecule has 28 heavy (non-hydrogen) atoms. The van der Waals surface area contributed by atoms with Crippen LogP contribution in [0.25, 0.3) is 11.4 Å². The van der Waals surface area contributed by atoms with Crippen LogP contribution in [0.15, 0.2) is 17.1 Å². The molecule has 0 aromatic carbocycles. The van der Waals surface area contributed by atoms with Crippen molar-refractivity contribution >= 4 is 5.91 Å². The van der Waals surface area contributed by atoms with Gasteiger partial charge in [-0.1, -0.05) is 12.8 Å². The molecule has 2 aliphatic heterocycles. The van der Waals surface area contributed by atoms with Crippen molar-refractivity contribution in [3.8, 4) is 11.4 Å². The molecule has 0 bridgehead atoms. The minimum Gasteiger partial charge on any atom is -0.451 e. The van der Waals surface area contributed by atoms with Crippen LogP contribution in [0.1, 0.15) is 49.8 Å². The fourth-order valence-corrected chi connectivity index (χ4v) is 4.52. The summed E-state index contributed by atoms with van der Waals surface area (Å²) in [7, 11) is 0. The lowest BCUT2D eigenvalue weighted by molar-refractivity contribution is -0.133. The summed E-state index contributed by atoms with van der Waals surface area (Å²) < 4.78 is 7.38. The van der Waals surface area contributed by atoms with Crippen LogP contribution in [-0.2, 0) is 24.3 Å². The summed E-state index contributed by atoms with van der Waals surface area (Å²) in [5, 5.41) is 4.88. The molecule has 1 saturated heterocycles. The van der Waals surface area contributed by atoms with Gasteiger partial charge in [-0.15, -0.1) is 0 Å². The Morgan fingerprint density at radius 1 is 1.14 bits per heavy atom. The largest absolute Gasteiger partial charge is 0.451 e. The topological polar surface area (TPSA) is 67.4 Å². The molecule has 1 saturated carbocycles. The second-order valence-electron chi connectivity index (χ2n) is 8.53. The first-order chi connectivity index (χ1) is 13.8. The quantitative estimate of drug-likeness (QED) is 0.794. The van der Waals surface area contributed by atoms with Gasteiger partial charge >= 0.3 is 0 Å². The molecule has 1 amide bonds. The highest BCUT2D eigenvalue weighted by molar-refractivity contribution is 5.79. The number of hydrogen-bond donors (Lipinski definition) is 0. The highest BCUT2D eigenvalue weighted by Crippen LogP contribution is 2.34. The number of nitrogens with zero attached hydrogens (tertiary/aromatic N) is 5. The van der Waals surface area contributed by atoms with Gasteiger partial charge < -0.3 is 9.32 Å². The Labute approximate surface area is 165 Å². The molecule has 150 valence electrons. The summed E-state index contributed by atoms with van der Waals surface area (Å²) in [5.41, 5.74) is 4.10. The minimum atomic E-state index is 0.244. The van der Waals surface area contributed by atoms with Crippen LogP contribution in [0, 0.1) is 5.92 Å². The second-order valence-corrected chi connectivity index (χ2v) is 8.53. The van der Waals surface area contributed by atoms with Crippen molar-refractivity contribution in [1.29, 1.82) is 0 Å². The van der Waals surface area contributed by atoms with Gasteiger partial charge in [0, 0.05) is 37.3 Å². The van der Waals surface area contributed by atoms with E-state index in [0.717, 1.165) is 55.5 Å². The molecule has 2 aromatic rings. The van der Waals surface area contributed by atoms with Gasteiger partial charge in [-0.05, 0) is 44.7 Å². The molecule has 0 atom stereocenters. The van der Waals surface area contributed by atoms with Crippen LogP contribution in [0.4, 0.5) is 0 Å². The number of carbonyl (C=O) groups is 1. The molecule has 0 N–H and O–H groups in total. The van der Waals surface area contributed by atoms with Crippen molar-refractivity contribution in [3.63, 3.8) is 0 Å². The van der Waals surface area contributed by atoms with E-state index in [1.54, 1.807) is 6.26 Å². The Bertz CT molecular complexity index is 816. The molecule has 7 heteroatoms. The Hall–Kier alpha value is -2.15. The molecule has 4 heterocycles. The zero-order valence-electron chi connectivity index (χ0n) is 16.5. The highest BCUT2D eigenvalue weighted by Gasteiger charge is 2.31. The van der Waals surface area contributed by atoms with Crippen LogP contribution in [0.3, 0.4) is 0 Å². The summed E-state index contributed by atoms with van der Waals surface area (Å²) in [6.45, 7) is 5.05. The lowest BCUT2D eigenvalue weighted by Gasteiger charge is -2.30. The van der Waals surface area contributed by atoms with Crippen LogP contribution < -0.4 is 0 Å². The summed E-state index contributed by atoms with van der Waals surface area (Å²) in [4.78, 5) is 21.7. The Morgan fingerprint density at radius 3 is 2.68 bits per heavy atom. The van der Waals surface area contributed by atoms with Gasteiger partial charge in [0.1, 0.15) is 17.7 Å². The molecule has 0 radical (unpaired) electrons. The van der Waals surface area contributed by atoms with Crippen molar-refractivity contribution in [2.24, 2.45) is 5.92 Å². The monoisotopic (exact) mass is 383 g/mol. The van der Waals surface area contributed by atoms with Crippen molar-refractivity contribution < 1.29 is 9.21 Å². The SMILES string of the molecule is O=C(CN1CCCCCC1)N1CCc2c(c(-c3cocn3)nn2CC2CC2)C1. The predicted molar refractivity (Wildman–Crippen MR) is 104 cm³/mol. The number of hydrogen-bond acceptors (Lipinski definition) is 5. The third-order valence-electron chi connectivity index (χ3n) is 6.35. The zero-order chi connectivity index (χ0) is 18.9. The number of fused-ring (bicyclic) bond motifs is 1. The van der Waals surface area contributed by atoms with Gasteiger partial charge in [-0.2, -0.15) is 5.10 Å². The molecule has 2 aromatic heterocycles. The van der Waals surface area contributed by atoms with Gasteiger partial charge in [0.2, 0.25) is 5.91 Å². The van der Waals surface area contributed by atoms with E-state index in [0.29, 0.717) is 13.1 Å². The molecule has 3 aliphatic rings. The van der Waals surface area contributed by atoms with Crippen molar-refractivity contribution in [3.05, 3.63) is 23.9 Å². The van der Waals surface area contributed by atoms with E-state index in [1.807, 2.05) is 4.90 Å². The first-order valence-electron chi connectivity index (χ1n) is 10.7. The van der Waals surface area contributed by atoms with Crippen LogP contribution >= 0.6 is 0 Å². The summed E-state index contributed by atoms with van der Waals surface area (Å²) in [6.07, 6.45) is 11.6. The van der Waals surface area contributed by atoms with Gasteiger partial charge in [0.15, 0.2) is 6.39 Å². The lowest BCUT2D eigenvalue weighted by Crippen LogP contribution is -2.43. The minimum absolute atomic E-state index is 0.244. The third-order valence-corrected chi connectivity index (χ3v) is 6.35. The summed E-state index contributed by atoms with van der Waals surface area (Å²) in [5.74, 6) is 1.01. The lowest BCUT2D eigenvalue weighted by atomic mass is 10.0. The van der Waals surface area contributed by atoms with Crippen molar-refractivity contribution in [1.82, 2.24) is 24.6 Å². The fraction of sp³-hybridized carbons (Fsp3) is 0.667. The average Bonchev–Trinajstić information content (AvgIpc) is 3.32. The maximum absolute atomic E-state index is 13.0. The highest BCUT2D eigenvalue weighted by atomic mass is 16.3. The summed E-state index contributed by atoms with van der Waals surface area (Å²) in [6, 6.07) is 0. The Balaban J connectivity index is 1.35. The van der Waals surface area contributed by atoms with Crippen LogP contribution in [0.5, 0.6) is 0 Å². The number of likely N-dealkylation sites (tertiary alicyclic amines) is 1. The van der Waals surface area contributed by atoms with Gasteiger partial charge in [-0.25, -0.2) is 4.98 Å². The van der Waals surface area contributed by atoms with Gasteiger partial charge in [0.25, 0.3) is 0 Å². The molecule has 1 aliphatic carbocycles. The molecule has 7 nitrogen and oxygen atoms in total. The van der Waals surface area contributed by atoms with Crippen molar-refractivity contribution in [2.45, 2.75) is 58.0 Å². The van der Waals surface area contributed by atoms with E-state index in [4.69, 9.17) is 9.52 Å². The molecule has 2 fully saturated rings. The predicted octanol–water partition coefficient (Wildman–Crippen LogP) is 2.71. The van der Waals surface area contributed by atoms with Gasteiger partial charge in [0.05, 0.1) is 6.54 Å². The molecular formula is C21H29N5O2.